The van der Waals surface area contributed by atoms with Gasteiger partial charge in [0.25, 0.3) is 5.91 Å². The monoisotopic (exact) mass is 411 g/mol. The molecular formula is C21H22ClN5O2. The van der Waals surface area contributed by atoms with Crippen molar-refractivity contribution in [1.82, 2.24) is 15.6 Å². The van der Waals surface area contributed by atoms with E-state index in [1.165, 1.54) is 6.21 Å². The molecule has 0 fully saturated rings. The van der Waals surface area contributed by atoms with Crippen LogP contribution in [0, 0.1) is 0 Å². The zero-order valence-electron chi connectivity index (χ0n) is 16.2. The van der Waals surface area contributed by atoms with Gasteiger partial charge in [-0.05, 0) is 44.2 Å². The molecule has 3 rings (SSSR count). The number of hydrazone groups is 1. The Morgan fingerprint density at radius 2 is 1.93 bits per heavy atom. The van der Waals surface area contributed by atoms with Gasteiger partial charge in [0.15, 0.2) is 0 Å². The van der Waals surface area contributed by atoms with Crippen LogP contribution in [0.5, 0.6) is 5.75 Å². The largest absolute Gasteiger partial charge is 0.507 e. The quantitative estimate of drug-likeness (QED) is 0.404. The predicted molar refractivity (Wildman–Crippen MR) is 116 cm³/mol. The fourth-order valence-electron chi connectivity index (χ4n) is 2.85. The number of aromatic amines is 1. The lowest BCUT2D eigenvalue weighted by molar-refractivity contribution is 0.0950. The number of hydrogen-bond acceptors (Lipinski definition) is 5. The Bertz CT molecular complexity index is 1010. The number of phenols is 1. The number of aromatic hydroxyl groups is 1. The number of carbonyl (C=O) groups is 1. The second-order valence-electron chi connectivity index (χ2n) is 6.29. The normalized spacial score (nSPS) is 11.0. The summed E-state index contributed by atoms with van der Waals surface area (Å²) in [6.07, 6.45) is 1.40. The zero-order chi connectivity index (χ0) is 20.8. The molecule has 0 unspecified atom stereocenters. The van der Waals surface area contributed by atoms with Crippen molar-refractivity contribution in [2.45, 2.75) is 13.8 Å². The van der Waals surface area contributed by atoms with Crippen molar-refractivity contribution in [2.24, 2.45) is 5.10 Å². The van der Waals surface area contributed by atoms with Gasteiger partial charge in [0.1, 0.15) is 11.4 Å². The number of nitrogens with zero attached hydrogens (tertiary/aromatic N) is 3. The number of halogens is 1. The van der Waals surface area contributed by atoms with Crippen molar-refractivity contribution < 1.29 is 9.90 Å². The molecule has 0 saturated carbocycles. The fraction of sp³-hybridized carbons (Fsp3) is 0.190. The third-order valence-corrected chi connectivity index (χ3v) is 4.73. The highest BCUT2D eigenvalue weighted by Crippen LogP contribution is 2.23. The maximum Gasteiger partial charge on any atom is 0.289 e. The topological polar surface area (TPSA) is 93.6 Å². The first-order valence-electron chi connectivity index (χ1n) is 9.24. The standard InChI is InChI=1S/C21H22ClN5O2/c1-3-27(4-2)17-10-7-15(20(28)11-17)13-23-26-21(29)19-12-18(24-25-19)14-5-8-16(22)9-6-14/h5-13,28H,3-4H2,1-2H3,(H,24,25)(H,26,29). The molecule has 0 spiro atoms. The van der Waals surface area contributed by atoms with Crippen molar-refractivity contribution >= 4 is 29.4 Å². The number of H-pyrrole nitrogens is 1. The van der Waals surface area contributed by atoms with E-state index in [1.807, 2.05) is 18.2 Å². The number of amides is 1. The van der Waals surface area contributed by atoms with Crippen LogP contribution in [-0.2, 0) is 0 Å². The first kappa shape index (κ1) is 20.4. The van der Waals surface area contributed by atoms with Crippen LogP contribution in [0.4, 0.5) is 5.69 Å². The number of hydrogen-bond donors (Lipinski definition) is 3. The molecule has 29 heavy (non-hydrogen) atoms. The Morgan fingerprint density at radius 1 is 1.21 bits per heavy atom. The van der Waals surface area contributed by atoms with Crippen molar-refractivity contribution in [3.8, 4) is 17.0 Å². The average molecular weight is 412 g/mol. The number of nitrogens with one attached hydrogen (secondary N) is 2. The zero-order valence-corrected chi connectivity index (χ0v) is 16.9. The minimum atomic E-state index is -0.437. The summed E-state index contributed by atoms with van der Waals surface area (Å²) < 4.78 is 0. The Kier molecular flexibility index (Phi) is 6.51. The van der Waals surface area contributed by atoms with Crippen molar-refractivity contribution in [1.29, 1.82) is 0 Å². The molecule has 3 aromatic rings. The third-order valence-electron chi connectivity index (χ3n) is 4.47. The molecule has 1 aromatic heterocycles. The van der Waals surface area contributed by atoms with Gasteiger partial charge in [-0.1, -0.05) is 23.7 Å². The molecule has 0 bridgehead atoms. The van der Waals surface area contributed by atoms with Crippen LogP contribution >= 0.6 is 11.6 Å². The molecule has 7 nitrogen and oxygen atoms in total. The Morgan fingerprint density at radius 3 is 2.59 bits per heavy atom. The van der Waals surface area contributed by atoms with Crippen molar-refractivity contribution in [3.63, 3.8) is 0 Å². The van der Waals surface area contributed by atoms with Crippen molar-refractivity contribution in [3.05, 3.63) is 64.8 Å². The summed E-state index contributed by atoms with van der Waals surface area (Å²) in [5.41, 5.74) is 5.60. The predicted octanol–water partition coefficient (Wildman–Crippen LogP) is 4.05. The number of anilines is 1. The molecule has 0 aliphatic carbocycles. The second kappa shape index (κ2) is 9.25. The summed E-state index contributed by atoms with van der Waals surface area (Å²) >= 11 is 5.88. The van der Waals surface area contributed by atoms with Gasteiger partial charge in [0, 0.05) is 41.0 Å². The molecule has 0 atom stereocenters. The summed E-state index contributed by atoms with van der Waals surface area (Å²) in [5, 5.41) is 21.6. The van der Waals surface area contributed by atoms with Crippen LogP contribution in [-0.4, -0.2) is 40.5 Å². The molecule has 0 radical (unpaired) electrons. The molecule has 8 heteroatoms. The van der Waals surface area contributed by atoms with Crippen LogP contribution in [0.3, 0.4) is 0 Å². The van der Waals surface area contributed by atoms with Gasteiger partial charge in [-0.25, -0.2) is 5.43 Å². The highest BCUT2D eigenvalue weighted by atomic mass is 35.5. The van der Waals surface area contributed by atoms with E-state index in [2.05, 4.69) is 39.5 Å². The van der Waals surface area contributed by atoms with E-state index in [0.29, 0.717) is 16.3 Å². The maximum atomic E-state index is 12.3. The van der Waals surface area contributed by atoms with E-state index >= 15 is 0 Å². The van der Waals surface area contributed by atoms with Gasteiger partial charge in [-0.15, -0.1) is 0 Å². The second-order valence-corrected chi connectivity index (χ2v) is 6.72. The van der Waals surface area contributed by atoms with E-state index in [9.17, 15) is 9.90 Å². The number of benzene rings is 2. The Hall–Kier alpha value is -3.32. The Labute approximate surface area is 174 Å². The van der Waals surface area contributed by atoms with E-state index in [1.54, 1.807) is 30.3 Å². The van der Waals surface area contributed by atoms with E-state index in [0.717, 1.165) is 24.3 Å². The molecule has 150 valence electrons. The van der Waals surface area contributed by atoms with Crippen molar-refractivity contribution in [2.75, 3.05) is 18.0 Å². The number of aromatic nitrogens is 2. The number of carbonyl (C=O) groups excluding carboxylic acids is 1. The lowest BCUT2D eigenvalue weighted by Gasteiger charge is -2.21. The van der Waals surface area contributed by atoms with Crippen LogP contribution in [0.1, 0.15) is 29.9 Å². The average Bonchev–Trinajstić information content (AvgIpc) is 3.21. The van der Waals surface area contributed by atoms with Crippen LogP contribution in [0.2, 0.25) is 5.02 Å². The smallest absolute Gasteiger partial charge is 0.289 e. The highest BCUT2D eigenvalue weighted by molar-refractivity contribution is 6.30. The molecular weight excluding hydrogens is 390 g/mol. The van der Waals surface area contributed by atoms with E-state index < -0.39 is 5.91 Å². The minimum Gasteiger partial charge on any atom is -0.507 e. The summed E-state index contributed by atoms with van der Waals surface area (Å²) in [4.78, 5) is 14.4. The van der Waals surface area contributed by atoms with Crippen LogP contribution in [0.15, 0.2) is 53.6 Å². The van der Waals surface area contributed by atoms with Gasteiger partial charge < -0.3 is 10.0 Å². The fourth-order valence-corrected chi connectivity index (χ4v) is 2.98. The molecule has 0 aliphatic heterocycles. The third kappa shape index (κ3) is 4.94. The number of rotatable bonds is 7. The molecule has 3 N–H and O–H groups in total. The van der Waals surface area contributed by atoms with Gasteiger partial charge in [0.05, 0.1) is 11.9 Å². The lowest BCUT2D eigenvalue weighted by Crippen LogP contribution is -2.21. The first-order chi connectivity index (χ1) is 14.0. The Balaban J connectivity index is 1.65. The summed E-state index contributed by atoms with van der Waals surface area (Å²) in [5.74, 6) is -0.341. The van der Waals surface area contributed by atoms with Gasteiger partial charge in [-0.2, -0.15) is 10.2 Å². The van der Waals surface area contributed by atoms with E-state index in [-0.39, 0.29) is 11.4 Å². The molecule has 0 aliphatic rings. The molecule has 1 amide bonds. The minimum absolute atomic E-state index is 0.0963. The molecule has 1 heterocycles. The van der Waals surface area contributed by atoms with Crippen LogP contribution in [0.25, 0.3) is 11.3 Å². The summed E-state index contributed by atoms with van der Waals surface area (Å²) in [6.45, 7) is 5.81. The van der Waals surface area contributed by atoms with Gasteiger partial charge >= 0.3 is 0 Å². The molecule has 2 aromatic carbocycles. The summed E-state index contributed by atoms with van der Waals surface area (Å²) in [6, 6.07) is 14.1. The number of phenolic OH excluding ortho intramolecular Hbond substituents is 1. The summed E-state index contributed by atoms with van der Waals surface area (Å²) in [7, 11) is 0. The highest BCUT2D eigenvalue weighted by Gasteiger charge is 2.11. The SMILES string of the molecule is CCN(CC)c1ccc(C=NNC(=O)c2cc(-c3ccc(Cl)cc3)n[nH]2)c(O)c1. The first-order valence-corrected chi connectivity index (χ1v) is 9.62. The molecule has 0 saturated heterocycles. The van der Waals surface area contributed by atoms with Gasteiger partial charge in [-0.3, -0.25) is 9.89 Å². The van der Waals surface area contributed by atoms with E-state index in [4.69, 9.17) is 11.6 Å². The maximum absolute atomic E-state index is 12.3. The van der Waals surface area contributed by atoms with Crippen LogP contribution < -0.4 is 10.3 Å². The lowest BCUT2D eigenvalue weighted by atomic mass is 10.1. The van der Waals surface area contributed by atoms with Gasteiger partial charge in [0.2, 0.25) is 0 Å².